The van der Waals surface area contributed by atoms with Crippen LogP contribution in [0.25, 0.3) is 6.08 Å². The molecule has 1 aromatic rings. The minimum atomic E-state index is -0.224. The van der Waals surface area contributed by atoms with Crippen molar-refractivity contribution in [1.82, 2.24) is 0 Å². The standard InChI is InChI=1S/C20H30O2/c1-3-5-6-7-8-11-15-21-20-19-14-10-9-13-17(19)16-18(22-20)12-4-2/h9-10,13-14,16,20H,3-8,11-12,15H2,1-2H3/t20-/m1/s1. The third kappa shape index (κ3) is 5.17. The lowest BCUT2D eigenvalue weighted by atomic mass is 10.0. The fraction of sp³-hybridized carbons (Fsp3) is 0.600. The Morgan fingerprint density at radius 1 is 0.955 bits per heavy atom. The van der Waals surface area contributed by atoms with Crippen LogP contribution in [0.1, 0.15) is 82.6 Å². The van der Waals surface area contributed by atoms with Gasteiger partial charge < -0.3 is 9.47 Å². The van der Waals surface area contributed by atoms with Crippen LogP contribution in [0.4, 0.5) is 0 Å². The summed E-state index contributed by atoms with van der Waals surface area (Å²) in [5.41, 5.74) is 2.40. The molecule has 1 aliphatic heterocycles. The highest BCUT2D eigenvalue weighted by molar-refractivity contribution is 5.57. The summed E-state index contributed by atoms with van der Waals surface area (Å²) >= 11 is 0. The number of unbranched alkanes of at least 4 members (excludes halogenated alkanes) is 5. The summed E-state index contributed by atoms with van der Waals surface area (Å²) < 4.78 is 12.1. The molecule has 0 fully saturated rings. The first-order valence-electron chi connectivity index (χ1n) is 8.93. The third-order valence-electron chi connectivity index (χ3n) is 4.09. The molecule has 0 saturated heterocycles. The average molecular weight is 302 g/mol. The van der Waals surface area contributed by atoms with Gasteiger partial charge >= 0.3 is 0 Å². The number of allylic oxidation sites excluding steroid dienone is 1. The molecule has 2 rings (SSSR count). The van der Waals surface area contributed by atoms with Crippen molar-refractivity contribution in [3.63, 3.8) is 0 Å². The van der Waals surface area contributed by atoms with Crippen LogP contribution < -0.4 is 0 Å². The number of hydrogen-bond acceptors (Lipinski definition) is 2. The van der Waals surface area contributed by atoms with Crippen molar-refractivity contribution in [3.05, 3.63) is 41.2 Å². The van der Waals surface area contributed by atoms with Crippen molar-refractivity contribution in [3.8, 4) is 0 Å². The molecular formula is C20H30O2. The maximum Gasteiger partial charge on any atom is 0.226 e. The fourth-order valence-electron chi connectivity index (χ4n) is 2.84. The topological polar surface area (TPSA) is 18.5 Å². The van der Waals surface area contributed by atoms with Crippen LogP contribution in [-0.2, 0) is 9.47 Å². The number of ether oxygens (including phenoxy) is 2. The molecule has 0 saturated carbocycles. The van der Waals surface area contributed by atoms with E-state index < -0.39 is 0 Å². The maximum atomic E-state index is 6.04. The first-order chi connectivity index (χ1) is 10.8. The van der Waals surface area contributed by atoms with E-state index in [4.69, 9.17) is 9.47 Å². The summed E-state index contributed by atoms with van der Waals surface area (Å²) in [4.78, 5) is 0. The zero-order valence-corrected chi connectivity index (χ0v) is 14.1. The Hall–Kier alpha value is -1.28. The van der Waals surface area contributed by atoms with Crippen LogP contribution in [-0.4, -0.2) is 6.61 Å². The molecule has 1 heterocycles. The second kappa shape index (κ2) is 9.68. The van der Waals surface area contributed by atoms with Crippen LogP contribution >= 0.6 is 0 Å². The molecule has 2 nitrogen and oxygen atoms in total. The molecule has 0 amide bonds. The molecule has 0 radical (unpaired) electrons. The van der Waals surface area contributed by atoms with Gasteiger partial charge in [0.25, 0.3) is 0 Å². The number of fused-ring (bicyclic) bond motifs is 1. The highest BCUT2D eigenvalue weighted by atomic mass is 16.7. The predicted molar refractivity (Wildman–Crippen MR) is 92.5 cm³/mol. The van der Waals surface area contributed by atoms with Gasteiger partial charge in [0.05, 0.1) is 6.61 Å². The van der Waals surface area contributed by atoms with Gasteiger partial charge in [-0.1, -0.05) is 70.2 Å². The molecule has 122 valence electrons. The van der Waals surface area contributed by atoms with E-state index in [1.165, 1.54) is 37.7 Å². The van der Waals surface area contributed by atoms with Gasteiger partial charge in [0.2, 0.25) is 6.29 Å². The van der Waals surface area contributed by atoms with Crippen molar-refractivity contribution in [2.24, 2.45) is 0 Å². The molecule has 1 atom stereocenters. The Balaban J connectivity index is 1.82. The molecule has 2 heteroatoms. The quantitative estimate of drug-likeness (QED) is 0.477. The van der Waals surface area contributed by atoms with Gasteiger partial charge in [-0.15, -0.1) is 0 Å². The summed E-state index contributed by atoms with van der Waals surface area (Å²) in [5.74, 6) is 1.05. The summed E-state index contributed by atoms with van der Waals surface area (Å²) in [6.45, 7) is 5.21. The molecule has 0 bridgehead atoms. The second-order valence-electron chi connectivity index (χ2n) is 6.08. The number of rotatable bonds is 10. The molecule has 0 aliphatic carbocycles. The Morgan fingerprint density at radius 3 is 2.55 bits per heavy atom. The number of benzene rings is 1. The van der Waals surface area contributed by atoms with E-state index in [-0.39, 0.29) is 6.29 Å². The first-order valence-corrected chi connectivity index (χ1v) is 8.93. The van der Waals surface area contributed by atoms with E-state index in [9.17, 15) is 0 Å². The normalized spacial score (nSPS) is 16.8. The molecule has 1 aromatic carbocycles. The average Bonchev–Trinajstić information content (AvgIpc) is 2.54. The fourth-order valence-corrected chi connectivity index (χ4v) is 2.84. The van der Waals surface area contributed by atoms with E-state index >= 15 is 0 Å². The second-order valence-corrected chi connectivity index (χ2v) is 6.08. The van der Waals surface area contributed by atoms with Gasteiger partial charge in [-0.2, -0.15) is 0 Å². The summed E-state index contributed by atoms with van der Waals surface area (Å²) in [7, 11) is 0. The molecule has 22 heavy (non-hydrogen) atoms. The van der Waals surface area contributed by atoms with Crippen LogP contribution in [0.3, 0.4) is 0 Å². The van der Waals surface area contributed by atoms with Crippen molar-refractivity contribution >= 4 is 6.08 Å². The molecular weight excluding hydrogens is 272 g/mol. The molecule has 0 unspecified atom stereocenters. The van der Waals surface area contributed by atoms with Crippen LogP contribution in [0.2, 0.25) is 0 Å². The first kappa shape index (κ1) is 17.1. The third-order valence-corrected chi connectivity index (χ3v) is 4.09. The monoisotopic (exact) mass is 302 g/mol. The van der Waals surface area contributed by atoms with Gasteiger partial charge in [-0.25, -0.2) is 0 Å². The minimum Gasteiger partial charge on any atom is -0.465 e. The van der Waals surface area contributed by atoms with Gasteiger partial charge in [-0.3, -0.25) is 0 Å². The summed E-state index contributed by atoms with van der Waals surface area (Å²) in [6, 6.07) is 8.39. The van der Waals surface area contributed by atoms with E-state index in [2.05, 4.69) is 44.2 Å². The van der Waals surface area contributed by atoms with Crippen molar-refractivity contribution < 1.29 is 9.47 Å². The smallest absolute Gasteiger partial charge is 0.226 e. The Morgan fingerprint density at radius 2 is 1.73 bits per heavy atom. The zero-order valence-electron chi connectivity index (χ0n) is 14.1. The van der Waals surface area contributed by atoms with E-state index in [0.29, 0.717) is 0 Å². The van der Waals surface area contributed by atoms with Gasteiger partial charge in [0.15, 0.2) is 0 Å². The summed E-state index contributed by atoms with van der Waals surface area (Å²) in [5, 5.41) is 0. The predicted octanol–water partition coefficient (Wildman–Crippen LogP) is 6.23. The zero-order chi connectivity index (χ0) is 15.6. The van der Waals surface area contributed by atoms with Crippen molar-refractivity contribution in [2.45, 2.75) is 71.5 Å². The van der Waals surface area contributed by atoms with Gasteiger partial charge in [-0.05, 0) is 24.5 Å². The van der Waals surface area contributed by atoms with Crippen molar-refractivity contribution in [2.75, 3.05) is 6.61 Å². The number of hydrogen-bond donors (Lipinski definition) is 0. The van der Waals surface area contributed by atoms with Gasteiger partial charge in [0.1, 0.15) is 5.76 Å². The largest absolute Gasteiger partial charge is 0.465 e. The highest BCUT2D eigenvalue weighted by Gasteiger charge is 2.22. The van der Waals surface area contributed by atoms with E-state index in [1.54, 1.807) is 0 Å². The van der Waals surface area contributed by atoms with Crippen LogP contribution in [0, 0.1) is 0 Å². The van der Waals surface area contributed by atoms with E-state index in [0.717, 1.165) is 37.2 Å². The van der Waals surface area contributed by atoms with Crippen LogP contribution in [0.5, 0.6) is 0 Å². The summed E-state index contributed by atoms with van der Waals surface area (Å²) in [6.07, 6.45) is 11.7. The lowest BCUT2D eigenvalue weighted by Crippen LogP contribution is -2.14. The lowest BCUT2D eigenvalue weighted by Gasteiger charge is -2.27. The van der Waals surface area contributed by atoms with Gasteiger partial charge in [0, 0.05) is 12.0 Å². The Bertz CT molecular complexity index is 465. The van der Waals surface area contributed by atoms with E-state index in [1.807, 2.05) is 0 Å². The molecule has 0 N–H and O–H groups in total. The minimum absolute atomic E-state index is 0.224. The maximum absolute atomic E-state index is 6.04. The Labute approximate surface area is 135 Å². The SMILES string of the molecule is CCCCCCCCO[C@@H]1OC(CCC)=Cc2ccccc21. The van der Waals surface area contributed by atoms with Crippen LogP contribution in [0.15, 0.2) is 30.0 Å². The lowest BCUT2D eigenvalue weighted by molar-refractivity contribution is -0.124. The highest BCUT2D eigenvalue weighted by Crippen LogP contribution is 2.33. The van der Waals surface area contributed by atoms with Crippen molar-refractivity contribution in [1.29, 1.82) is 0 Å². The molecule has 0 spiro atoms. The molecule has 1 aliphatic rings. The Kier molecular flexibility index (Phi) is 7.51. The molecule has 0 aromatic heterocycles.